The Labute approximate surface area is 297 Å². The number of aromatic nitrogens is 4. The summed E-state index contributed by atoms with van der Waals surface area (Å²) >= 11 is 0. The van der Waals surface area contributed by atoms with Gasteiger partial charge in [-0.3, -0.25) is 14.8 Å². The van der Waals surface area contributed by atoms with Crippen LogP contribution in [0.4, 0.5) is 0 Å². The van der Waals surface area contributed by atoms with Crippen molar-refractivity contribution >= 4 is 39.5 Å². The molecule has 0 radical (unpaired) electrons. The number of rotatable bonds is 10. The van der Waals surface area contributed by atoms with Gasteiger partial charge in [0.1, 0.15) is 0 Å². The number of hydrogen-bond acceptors (Lipinski definition) is 5. The Morgan fingerprint density at radius 1 is 0.519 bits per heavy atom. The molecule has 4 heterocycles. The van der Waals surface area contributed by atoms with Gasteiger partial charge >= 0.3 is 11.9 Å². The summed E-state index contributed by atoms with van der Waals surface area (Å²) in [6.45, 7) is 0.863. The minimum absolute atomic E-state index is 0.0333. The van der Waals surface area contributed by atoms with Crippen molar-refractivity contribution < 1.29 is 24.6 Å². The van der Waals surface area contributed by atoms with Gasteiger partial charge in [0.05, 0.1) is 22.2 Å². The van der Waals surface area contributed by atoms with Crippen LogP contribution < -0.4 is 0 Å². The van der Waals surface area contributed by atoms with E-state index in [1.165, 1.54) is 36.4 Å². The first-order valence-electron chi connectivity index (χ1n) is 16.6. The zero-order valence-corrected chi connectivity index (χ0v) is 27.7. The van der Waals surface area contributed by atoms with Crippen molar-refractivity contribution in [2.45, 2.75) is 13.1 Å². The lowest BCUT2D eigenvalue weighted by molar-refractivity contribution is 0.0686. The Kier molecular flexibility index (Phi) is 8.21. The molecule has 8 rings (SSSR count). The summed E-state index contributed by atoms with van der Waals surface area (Å²) in [4.78, 5) is 48.3. The molecule has 0 aliphatic heterocycles. The van der Waals surface area contributed by atoms with E-state index in [0.717, 1.165) is 32.9 Å². The second kappa shape index (κ2) is 13.3. The maximum Gasteiger partial charge on any atom is 0.335 e. The first kappa shape index (κ1) is 32.1. The number of nitrogens with zero attached hydrogens (tertiary/aromatic N) is 4. The van der Waals surface area contributed by atoms with Gasteiger partial charge in [-0.1, -0.05) is 36.4 Å². The van der Waals surface area contributed by atoms with Crippen molar-refractivity contribution in [3.8, 4) is 22.5 Å². The van der Waals surface area contributed by atoms with Crippen molar-refractivity contribution in [3.63, 3.8) is 0 Å². The van der Waals surface area contributed by atoms with Crippen LogP contribution in [0.25, 0.3) is 44.3 Å². The molecule has 0 spiro atoms. The fourth-order valence-electron chi connectivity index (χ4n) is 6.71. The molecular formula is C43H30N4O5. The van der Waals surface area contributed by atoms with Gasteiger partial charge in [0.2, 0.25) is 0 Å². The van der Waals surface area contributed by atoms with Crippen molar-refractivity contribution in [1.29, 1.82) is 0 Å². The minimum atomic E-state index is -1.12. The number of pyridine rings is 2. The Hall–Kier alpha value is -7.13. The molecule has 252 valence electrons. The molecule has 0 saturated carbocycles. The average molecular weight is 683 g/mol. The number of carbonyl (C=O) groups excluding carboxylic acids is 1. The SMILES string of the molecule is O=C(O)c1ccc(C(=O)c2ccc(C(=O)O)cc2-c2cccn2Cc2cnc3ccccc3c2)c(-c2cccn2Cc2cnc3ccccc3c2)c1. The molecule has 0 atom stereocenters. The molecule has 4 aromatic heterocycles. The molecule has 0 aliphatic carbocycles. The normalized spacial score (nSPS) is 11.2. The van der Waals surface area contributed by atoms with Crippen LogP contribution in [-0.2, 0) is 13.1 Å². The van der Waals surface area contributed by atoms with Crippen molar-refractivity contribution in [2.24, 2.45) is 0 Å². The third kappa shape index (κ3) is 6.11. The molecule has 9 nitrogen and oxygen atoms in total. The monoisotopic (exact) mass is 682 g/mol. The Balaban J connectivity index is 1.21. The van der Waals surface area contributed by atoms with Crippen LogP contribution in [0.2, 0.25) is 0 Å². The predicted octanol–water partition coefficient (Wildman–Crippen LogP) is 8.44. The molecule has 8 aromatic rings. The number of fused-ring (bicyclic) bond motifs is 2. The highest BCUT2D eigenvalue weighted by molar-refractivity contribution is 6.16. The maximum absolute atomic E-state index is 14.7. The first-order valence-corrected chi connectivity index (χ1v) is 16.6. The number of benzene rings is 4. The smallest absolute Gasteiger partial charge is 0.335 e. The molecule has 0 unspecified atom stereocenters. The lowest BCUT2D eigenvalue weighted by atomic mass is 9.90. The van der Waals surface area contributed by atoms with Gasteiger partial charge in [0.25, 0.3) is 0 Å². The van der Waals surface area contributed by atoms with Crippen LogP contribution in [0, 0.1) is 0 Å². The average Bonchev–Trinajstić information content (AvgIpc) is 3.83. The Morgan fingerprint density at radius 2 is 0.962 bits per heavy atom. The summed E-state index contributed by atoms with van der Waals surface area (Å²) in [6.07, 6.45) is 7.39. The molecule has 0 bridgehead atoms. The summed E-state index contributed by atoms with van der Waals surface area (Å²) in [5, 5.41) is 21.9. The van der Waals surface area contributed by atoms with Crippen LogP contribution in [-0.4, -0.2) is 47.0 Å². The van der Waals surface area contributed by atoms with E-state index in [9.17, 15) is 24.6 Å². The van der Waals surface area contributed by atoms with Gasteiger partial charge in [-0.15, -0.1) is 0 Å². The molecule has 0 aliphatic rings. The number of ketones is 1. The molecule has 52 heavy (non-hydrogen) atoms. The topological polar surface area (TPSA) is 127 Å². The van der Waals surface area contributed by atoms with Gasteiger partial charge in [-0.2, -0.15) is 0 Å². The van der Waals surface area contributed by atoms with Crippen LogP contribution in [0.5, 0.6) is 0 Å². The van der Waals surface area contributed by atoms with E-state index in [1.54, 1.807) is 0 Å². The van der Waals surface area contributed by atoms with E-state index in [0.29, 0.717) is 35.6 Å². The number of carboxylic acids is 2. The number of carbonyl (C=O) groups is 3. The number of para-hydroxylation sites is 2. The fraction of sp³-hybridized carbons (Fsp3) is 0.0465. The largest absolute Gasteiger partial charge is 0.478 e. The fourth-order valence-corrected chi connectivity index (χ4v) is 6.71. The summed E-state index contributed by atoms with van der Waals surface area (Å²) < 4.78 is 3.92. The molecule has 9 heteroatoms. The lowest BCUT2D eigenvalue weighted by Crippen LogP contribution is -2.11. The second-order valence-electron chi connectivity index (χ2n) is 12.6. The predicted molar refractivity (Wildman–Crippen MR) is 199 cm³/mol. The van der Waals surface area contributed by atoms with E-state index in [-0.39, 0.29) is 28.0 Å². The standard InChI is InChI=1S/C43H30N4O5/c48-41(33-15-13-31(42(49)50)21-35(33)39-11-5-17-46(39)25-27-19-29-7-1-3-9-37(29)44-23-27)34-16-14-32(43(51)52)22-36(34)40-12-6-18-47(40)26-28-20-30-8-2-4-10-38(30)45-24-28/h1-24H,25-26H2,(H,49,50)(H,51,52). The third-order valence-corrected chi connectivity index (χ3v) is 9.23. The lowest BCUT2D eigenvalue weighted by Gasteiger charge is -2.17. The van der Waals surface area contributed by atoms with Gasteiger partial charge in [-0.05, 0) is 96.1 Å². The summed E-state index contributed by atoms with van der Waals surface area (Å²) in [6, 6.07) is 36.1. The number of hydrogen-bond donors (Lipinski definition) is 2. The highest BCUT2D eigenvalue weighted by Gasteiger charge is 2.24. The van der Waals surface area contributed by atoms with E-state index in [1.807, 2.05) is 107 Å². The quantitative estimate of drug-likeness (QED) is 0.139. The van der Waals surface area contributed by atoms with Crippen molar-refractivity contribution in [1.82, 2.24) is 19.1 Å². The maximum atomic E-state index is 14.7. The molecule has 0 amide bonds. The molecule has 4 aromatic carbocycles. The van der Waals surface area contributed by atoms with E-state index in [4.69, 9.17) is 0 Å². The van der Waals surface area contributed by atoms with Crippen molar-refractivity contribution in [2.75, 3.05) is 0 Å². The van der Waals surface area contributed by atoms with Crippen LogP contribution >= 0.6 is 0 Å². The van der Waals surface area contributed by atoms with Crippen molar-refractivity contribution in [3.05, 3.63) is 179 Å². The Morgan fingerprint density at radius 3 is 1.40 bits per heavy atom. The highest BCUT2D eigenvalue weighted by atomic mass is 16.4. The highest BCUT2D eigenvalue weighted by Crippen LogP contribution is 2.33. The zero-order valence-electron chi connectivity index (χ0n) is 27.7. The van der Waals surface area contributed by atoms with Crippen LogP contribution in [0.1, 0.15) is 47.8 Å². The van der Waals surface area contributed by atoms with Gasteiger partial charge in [0.15, 0.2) is 5.78 Å². The summed E-state index contributed by atoms with van der Waals surface area (Å²) in [5.74, 6) is -2.62. The Bertz CT molecular complexity index is 2510. The summed E-state index contributed by atoms with van der Waals surface area (Å²) in [7, 11) is 0. The molecule has 2 N–H and O–H groups in total. The third-order valence-electron chi connectivity index (χ3n) is 9.23. The second-order valence-corrected chi connectivity index (χ2v) is 12.6. The van der Waals surface area contributed by atoms with E-state index in [2.05, 4.69) is 22.1 Å². The van der Waals surface area contributed by atoms with Crippen LogP contribution in [0.15, 0.2) is 146 Å². The van der Waals surface area contributed by atoms with Crippen LogP contribution in [0.3, 0.4) is 0 Å². The summed E-state index contributed by atoms with van der Waals surface area (Å²) in [5.41, 5.74) is 6.44. The molecule has 0 saturated heterocycles. The van der Waals surface area contributed by atoms with Gasteiger partial charge < -0.3 is 19.3 Å². The minimum Gasteiger partial charge on any atom is -0.478 e. The van der Waals surface area contributed by atoms with Gasteiger partial charge in [0, 0.05) is 82.3 Å². The zero-order chi connectivity index (χ0) is 35.8. The molecular weight excluding hydrogens is 652 g/mol. The van der Waals surface area contributed by atoms with E-state index < -0.39 is 11.9 Å². The number of aromatic carboxylic acids is 2. The number of carboxylic acid groups (broad SMARTS) is 2. The molecule has 0 fully saturated rings. The first-order chi connectivity index (χ1) is 25.3. The van der Waals surface area contributed by atoms with E-state index >= 15 is 0 Å². The van der Waals surface area contributed by atoms with Gasteiger partial charge in [-0.25, -0.2) is 9.59 Å².